The fourth-order valence-electron chi connectivity index (χ4n) is 3.43. The third-order valence-electron chi connectivity index (χ3n) is 4.83. The SMILES string of the molecule is O=C(NCc1ccccc1)c1cc2sccc2n1Cc1ccc2c(c1)OCO2. The van der Waals surface area contributed by atoms with Crippen LogP contribution in [-0.4, -0.2) is 17.3 Å². The van der Waals surface area contributed by atoms with Crippen LogP contribution in [0.2, 0.25) is 0 Å². The van der Waals surface area contributed by atoms with Crippen LogP contribution in [0.5, 0.6) is 11.5 Å². The van der Waals surface area contributed by atoms with E-state index < -0.39 is 0 Å². The molecular weight excluding hydrogens is 372 g/mol. The highest BCUT2D eigenvalue weighted by molar-refractivity contribution is 7.17. The summed E-state index contributed by atoms with van der Waals surface area (Å²) < 4.78 is 14.0. The summed E-state index contributed by atoms with van der Waals surface area (Å²) in [6.07, 6.45) is 0. The first-order valence-corrected chi connectivity index (χ1v) is 9.93. The average Bonchev–Trinajstić information content (AvgIpc) is 3.44. The number of hydrogen-bond donors (Lipinski definition) is 1. The molecule has 3 heterocycles. The van der Waals surface area contributed by atoms with Crippen LogP contribution in [0.1, 0.15) is 21.6 Å². The van der Waals surface area contributed by atoms with Crippen molar-refractivity contribution in [2.75, 3.05) is 6.79 Å². The predicted molar refractivity (Wildman–Crippen MR) is 109 cm³/mol. The molecule has 1 amide bonds. The molecule has 1 aliphatic rings. The highest BCUT2D eigenvalue weighted by atomic mass is 32.1. The first-order chi connectivity index (χ1) is 13.8. The first kappa shape index (κ1) is 16.9. The molecule has 140 valence electrons. The van der Waals surface area contributed by atoms with E-state index in [1.807, 2.05) is 60.0 Å². The smallest absolute Gasteiger partial charge is 0.268 e. The molecule has 1 aliphatic heterocycles. The molecule has 5 nitrogen and oxygen atoms in total. The second-order valence-corrected chi connectivity index (χ2v) is 7.59. The number of benzene rings is 2. The van der Waals surface area contributed by atoms with Crippen molar-refractivity contribution in [1.29, 1.82) is 0 Å². The van der Waals surface area contributed by atoms with Crippen molar-refractivity contribution in [2.24, 2.45) is 0 Å². The van der Waals surface area contributed by atoms with Crippen LogP contribution in [0.4, 0.5) is 0 Å². The van der Waals surface area contributed by atoms with Gasteiger partial charge in [0.1, 0.15) is 5.69 Å². The van der Waals surface area contributed by atoms with Gasteiger partial charge in [-0.15, -0.1) is 11.3 Å². The molecule has 0 fully saturated rings. The van der Waals surface area contributed by atoms with Gasteiger partial charge in [0.15, 0.2) is 11.5 Å². The summed E-state index contributed by atoms with van der Waals surface area (Å²) in [5, 5.41) is 5.08. The number of fused-ring (bicyclic) bond motifs is 2. The highest BCUT2D eigenvalue weighted by Gasteiger charge is 2.18. The van der Waals surface area contributed by atoms with Crippen molar-refractivity contribution >= 4 is 27.5 Å². The van der Waals surface area contributed by atoms with Crippen molar-refractivity contribution in [3.05, 3.63) is 82.9 Å². The number of nitrogens with zero attached hydrogens (tertiary/aromatic N) is 1. The molecule has 0 spiro atoms. The van der Waals surface area contributed by atoms with E-state index in [2.05, 4.69) is 16.0 Å². The molecule has 2 aromatic heterocycles. The van der Waals surface area contributed by atoms with Crippen LogP contribution in [-0.2, 0) is 13.1 Å². The van der Waals surface area contributed by atoms with Gasteiger partial charge in [0.2, 0.25) is 6.79 Å². The molecule has 0 saturated heterocycles. The van der Waals surface area contributed by atoms with Gasteiger partial charge in [0, 0.05) is 13.1 Å². The van der Waals surface area contributed by atoms with Gasteiger partial charge in [-0.25, -0.2) is 0 Å². The summed E-state index contributed by atoms with van der Waals surface area (Å²) in [7, 11) is 0. The molecule has 0 bridgehead atoms. The lowest BCUT2D eigenvalue weighted by Gasteiger charge is -2.11. The number of thiophene rings is 1. The number of hydrogen-bond acceptors (Lipinski definition) is 4. The molecule has 0 atom stereocenters. The summed E-state index contributed by atoms with van der Waals surface area (Å²) in [6, 6.07) is 19.9. The Morgan fingerprint density at radius 1 is 1.00 bits per heavy atom. The molecule has 0 aliphatic carbocycles. The van der Waals surface area contributed by atoms with Crippen LogP contribution in [0.25, 0.3) is 10.2 Å². The first-order valence-electron chi connectivity index (χ1n) is 9.05. The normalized spacial score (nSPS) is 12.4. The van der Waals surface area contributed by atoms with Gasteiger partial charge in [0.25, 0.3) is 5.91 Å². The van der Waals surface area contributed by atoms with Crippen molar-refractivity contribution in [2.45, 2.75) is 13.1 Å². The molecule has 0 unspecified atom stereocenters. The molecule has 0 saturated carbocycles. The van der Waals surface area contributed by atoms with Crippen LogP contribution in [0.15, 0.2) is 66.0 Å². The van der Waals surface area contributed by atoms with E-state index in [1.54, 1.807) is 11.3 Å². The number of carbonyl (C=O) groups is 1. The Morgan fingerprint density at radius 3 is 2.75 bits per heavy atom. The van der Waals surface area contributed by atoms with Crippen LogP contribution < -0.4 is 14.8 Å². The third-order valence-corrected chi connectivity index (χ3v) is 5.68. The fraction of sp³-hybridized carbons (Fsp3) is 0.136. The Kier molecular flexibility index (Phi) is 4.25. The maximum Gasteiger partial charge on any atom is 0.268 e. The van der Waals surface area contributed by atoms with Crippen LogP contribution in [0, 0.1) is 0 Å². The molecular formula is C22H18N2O3S. The molecule has 28 heavy (non-hydrogen) atoms. The number of amides is 1. The molecule has 5 rings (SSSR count). The second-order valence-electron chi connectivity index (χ2n) is 6.64. The Morgan fingerprint density at radius 2 is 1.86 bits per heavy atom. The predicted octanol–water partition coefficient (Wildman–Crippen LogP) is 4.41. The average molecular weight is 390 g/mol. The quantitative estimate of drug-likeness (QED) is 0.549. The Balaban J connectivity index is 1.43. The summed E-state index contributed by atoms with van der Waals surface area (Å²) in [5.41, 5.74) is 3.86. The largest absolute Gasteiger partial charge is 0.454 e. The van der Waals surface area contributed by atoms with Crippen molar-refractivity contribution < 1.29 is 14.3 Å². The van der Waals surface area contributed by atoms with E-state index in [9.17, 15) is 4.79 Å². The van der Waals surface area contributed by atoms with E-state index in [-0.39, 0.29) is 12.7 Å². The molecule has 6 heteroatoms. The summed E-state index contributed by atoms with van der Waals surface area (Å²) in [4.78, 5) is 12.9. The van der Waals surface area contributed by atoms with Gasteiger partial charge >= 0.3 is 0 Å². The van der Waals surface area contributed by atoms with E-state index in [0.717, 1.165) is 32.8 Å². The lowest BCUT2D eigenvalue weighted by atomic mass is 10.2. The lowest BCUT2D eigenvalue weighted by Crippen LogP contribution is -2.25. The minimum atomic E-state index is -0.0759. The minimum absolute atomic E-state index is 0.0759. The second kappa shape index (κ2) is 7.05. The Hall–Kier alpha value is -3.25. The molecule has 2 aromatic carbocycles. The van der Waals surface area contributed by atoms with Crippen LogP contribution in [0.3, 0.4) is 0 Å². The van der Waals surface area contributed by atoms with Crippen molar-refractivity contribution in [3.8, 4) is 11.5 Å². The molecule has 0 radical (unpaired) electrons. The van der Waals surface area contributed by atoms with Gasteiger partial charge in [-0.05, 0) is 40.8 Å². The van der Waals surface area contributed by atoms with E-state index in [0.29, 0.717) is 18.8 Å². The van der Waals surface area contributed by atoms with Crippen molar-refractivity contribution in [1.82, 2.24) is 9.88 Å². The minimum Gasteiger partial charge on any atom is -0.454 e. The van der Waals surface area contributed by atoms with E-state index >= 15 is 0 Å². The third kappa shape index (κ3) is 3.12. The van der Waals surface area contributed by atoms with Crippen molar-refractivity contribution in [3.63, 3.8) is 0 Å². The fourth-order valence-corrected chi connectivity index (χ4v) is 4.25. The summed E-state index contributed by atoms with van der Waals surface area (Å²) in [5.74, 6) is 1.44. The van der Waals surface area contributed by atoms with Gasteiger partial charge in [0.05, 0.1) is 10.2 Å². The van der Waals surface area contributed by atoms with Crippen LogP contribution >= 0.6 is 11.3 Å². The standard InChI is InChI=1S/C22H18N2O3S/c25-22(23-12-15-4-2-1-3-5-15)18-11-21-17(8-9-28-21)24(18)13-16-6-7-19-20(10-16)27-14-26-19/h1-11H,12-14H2,(H,23,25). The Bertz CT molecular complexity index is 1150. The van der Waals surface area contributed by atoms with Gasteiger partial charge in [-0.3, -0.25) is 4.79 Å². The maximum atomic E-state index is 12.9. The summed E-state index contributed by atoms with van der Waals surface area (Å²) >= 11 is 1.64. The number of carbonyl (C=O) groups excluding carboxylic acids is 1. The van der Waals surface area contributed by atoms with Gasteiger partial charge in [-0.1, -0.05) is 36.4 Å². The number of aromatic nitrogens is 1. The number of nitrogens with one attached hydrogen (secondary N) is 1. The number of rotatable bonds is 5. The highest BCUT2D eigenvalue weighted by Crippen LogP contribution is 2.33. The lowest BCUT2D eigenvalue weighted by molar-refractivity contribution is 0.0942. The van der Waals surface area contributed by atoms with Gasteiger partial charge in [-0.2, -0.15) is 0 Å². The monoisotopic (exact) mass is 390 g/mol. The van der Waals surface area contributed by atoms with E-state index in [4.69, 9.17) is 9.47 Å². The summed E-state index contributed by atoms with van der Waals surface area (Å²) in [6.45, 7) is 1.34. The topological polar surface area (TPSA) is 52.5 Å². The Labute approximate surface area is 166 Å². The maximum absolute atomic E-state index is 12.9. The van der Waals surface area contributed by atoms with E-state index in [1.165, 1.54) is 0 Å². The molecule has 4 aromatic rings. The zero-order valence-electron chi connectivity index (χ0n) is 15.1. The molecule has 1 N–H and O–H groups in total. The zero-order valence-corrected chi connectivity index (χ0v) is 15.9. The number of ether oxygens (including phenoxy) is 2. The zero-order chi connectivity index (χ0) is 18.9. The van der Waals surface area contributed by atoms with Gasteiger partial charge < -0.3 is 19.4 Å².